The van der Waals surface area contributed by atoms with Gasteiger partial charge in [-0.2, -0.15) is 0 Å². The van der Waals surface area contributed by atoms with Crippen LogP contribution in [-0.2, 0) is 4.79 Å². The normalized spacial score (nSPS) is 19.5. The molecule has 22 heavy (non-hydrogen) atoms. The van der Waals surface area contributed by atoms with Crippen molar-refractivity contribution in [2.75, 3.05) is 19.3 Å². The van der Waals surface area contributed by atoms with Crippen LogP contribution in [0.15, 0.2) is 42.5 Å². The lowest BCUT2D eigenvalue weighted by Gasteiger charge is -2.23. The largest absolute Gasteiger partial charge is 0.481 e. The molecule has 0 bridgehead atoms. The number of anilines is 1. The van der Waals surface area contributed by atoms with Crippen molar-refractivity contribution >= 4 is 11.7 Å². The van der Waals surface area contributed by atoms with Gasteiger partial charge in [0, 0.05) is 29.3 Å². The fourth-order valence-corrected chi connectivity index (χ4v) is 3.05. The van der Waals surface area contributed by atoms with Crippen LogP contribution in [0.25, 0.3) is 0 Å². The summed E-state index contributed by atoms with van der Waals surface area (Å²) < 4.78 is 5.97. The first-order chi connectivity index (χ1) is 10.6. The topological polar surface area (TPSA) is 84.6 Å². The molecule has 0 aromatic heterocycles. The highest BCUT2D eigenvalue weighted by atomic mass is 16.5. The lowest BCUT2D eigenvalue weighted by molar-refractivity contribution is -0.139. The molecule has 0 amide bonds. The van der Waals surface area contributed by atoms with E-state index >= 15 is 0 Å². The molecule has 3 rings (SSSR count). The van der Waals surface area contributed by atoms with Gasteiger partial charge in [-0.1, -0.05) is 18.2 Å². The van der Waals surface area contributed by atoms with Gasteiger partial charge in [-0.05, 0) is 31.3 Å². The van der Waals surface area contributed by atoms with Gasteiger partial charge in [0.05, 0.1) is 5.92 Å². The predicted molar refractivity (Wildman–Crippen MR) is 84.4 cm³/mol. The average molecular weight is 298 g/mol. The first kappa shape index (κ1) is 14.4. The molecule has 2 aromatic rings. The second-order valence-corrected chi connectivity index (χ2v) is 5.42. The van der Waals surface area contributed by atoms with E-state index in [0.717, 1.165) is 5.56 Å². The lowest BCUT2D eigenvalue weighted by atomic mass is 9.81. The first-order valence-electron chi connectivity index (χ1n) is 7.15. The molecule has 0 spiro atoms. The van der Waals surface area contributed by atoms with E-state index in [4.69, 9.17) is 10.5 Å². The van der Waals surface area contributed by atoms with Gasteiger partial charge in [0.25, 0.3) is 0 Å². The van der Waals surface area contributed by atoms with Crippen LogP contribution in [0.4, 0.5) is 5.69 Å². The quantitative estimate of drug-likeness (QED) is 0.758. The minimum absolute atomic E-state index is 0.260. The monoisotopic (exact) mass is 298 g/mol. The van der Waals surface area contributed by atoms with Gasteiger partial charge in [0.2, 0.25) is 0 Å². The number of hydrogen-bond donors (Lipinski definition) is 3. The molecule has 114 valence electrons. The van der Waals surface area contributed by atoms with E-state index in [1.807, 2.05) is 25.2 Å². The van der Waals surface area contributed by atoms with Crippen molar-refractivity contribution in [3.63, 3.8) is 0 Å². The molecule has 4 N–H and O–H groups in total. The van der Waals surface area contributed by atoms with E-state index in [9.17, 15) is 9.90 Å². The highest BCUT2D eigenvalue weighted by Crippen LogP contribution is 2.46. The van der Waals surface area contributed by atoms with Gasteiger partial charge in [-0.25, -0.2) is 0 Å². The summed E-state index contributed by atoms with van der Waals surface area (Å²) >= 11 is 0. The second-order valence-electron chi connectivity index (χ2n) is 5.42. The number of nitrogens with two attached hydrogens (primary N) is 1. The summed E-state index contributed by atoms with van der Waals surface area (Å²) in [6.07, 6.45) is 0. The van der Waals surface area contributed by atoms with Crippen LogP contribution in [0.3, 0.4) is 0 Å². The fourth-order valence-electron chi connectivity index (χ4n) is 3.05. The van der Waals surface area contributed by atoms with Crippen molar-refractivity contribution in [2.24, 2.45) is 0 Å². The Morgan fingerprint density at radius 2 is 1.95 bits per heavy atom. The molecule has 0 radical (unpaired) electrons. The molecule has 1 aliphatic heterocycles. The maximum Gasteiger partial charge on any atom is 0.311 e. The summed E-state index contributed by atoms with van der Waals surface area (Å²) in [5.74, 6) is -0.576. The Morgan fingerprint density at radius 1 is 1.23 bits per heavy atom. The van der Waals surface area contributed by atoms with Crippen molar-refractivity contribution in [3.05, 3.63) is 53.6 Å². The van der Waals surface area contributed by atoms with Crippen molar-refractivity contribution < 1.29 is 14.6 Å². The summed E-state index contributed by atoms with van der Waals surface area (Å²) in [6, 6.07) is 12.7. The summed E-state index contributed by atoms with van der Waals surface area (Å²) in [4.78, 5) is 11.9. The molecule has 1 heterocycles. The summed E-state index contributed by atoms with van der Waals surface area (Å²) in [5.41, 5.74) is 7.99. The molecular formula is C17H18N2O3. The van der Waals surface area contributed by atoms with Gasteiger partial charge in [-0.15, -0.1) is 0 Å². The Morgan fingerprint density at radius 3 is 2.68 bits per heavy atom. The first-order valence-corrected chi connectivity index (χ1v) is 7.15. The molecule has 5 nitrogen and oxygen atoms in total. The summed E-state index contributed by atoms with van der Waals surface area (Å²) in [7, 11) is 1.81. The summed E-state index contributed by atoms with van der Waals surface area (Å²) in [6.45, 7) is 0.519. The zero-order valence-electron chi connectivity index (χ0n) is 12.2. The Bertz CT molecular complexity index is 715. The minimum Gasteiger partial charge on any atom is -0.481 e. The van der Waals surface area contributed by atoms with Gasteiger partial charge < -0.3 is 20.9 Å². The number of nitrogen functional groups attached to an aromatic ring is 1. The molecule has 0 fully saturated rings. The molecule has 0 saturated heterocycles. The zero-order valence-corrected chi connectivity index (χ0v) is 12.2. The van der Waals surface area contributed by atoms with E-state index in [1.54, 1.807) is 24.3 Å². The Kier molecular flexibility index (Phi) is 3.73. The Hall–Kier alpha value is -2.53. The molecular weight excluding hydrogens is 280 g/mol. The van der Waals surface area contributed by atoms with Crippen LogP contribution >= 0.6 is 0 Å². The highest BCUT2D eigenvalue weighted by Gasteiger charge is 2.37. The molecule has 2 atom stereocenters. The van der Waals surface area contributed by atoms with E-state index in [0.29, 0.717) is 29.3 Å². The van der Waals surface area contributed by atoms with E-state index < -0.39 is 11.9 Å². The van der Waals surface area contributed by atoms with Gasteiger partial charge >= 0.3 is 5.97 Å². The summed E-state index contributed by atoms with van der Waals surface area (Å²) in [5, 5.41) is 12.9. The second kappa shape index (κ2) is 5.69. The number of ether oxygens (including phenoxy) is 1. The number of rotatable bonds is 3. The Balaban J connectivity index is 2.24. The number of carboxylic acids is 1. The van der Waals surface area contributed by atoms with Crippen molar-refractivity contribution in [3.8, 4) is 11.5 Å². The maximum atomic E-state index is 11.9. The van der Waals surface area contributed by atoms with Crippen LogP contribution in [0, 0.1) is 0 Å². The number of hydrogen-bond acceptors (Lipinski definition) is 4. The molecule has 0 saturated carbocycles. The van der Waals surface area contributed by atoms with E-state index in [2.05, 4.69) is 5.32 Å². The van der Waals surface area contributed by atoms with Crippen LogP contribution < -0.4 is 15.8 Å². The van der Waals surface area contributed by atoms with Gasteiger partial charge in [0.1, 0.15) is 11.5 Å². The predicted octanol–water partition coefficient (Wildman–Crippen LogP) is 2.55. The van der Waals surface area contributed by atoms with Crippen molar-refractivity contribution in [1.29, 1.82) is 0 Å². The van der Waals surface area contributed by atoms with Gasteiger partial charge in [0.15, 0.2) is 0 Å². The standard InChI is InChI=1S/C17H18N2O3/c1-19-9-13-12-8-10(18)6-7-15(12)22-14-5-3-2-4-11(14)16(13)17(20)21/h2-8,13,16,19H,9,18H2,1H3,(H,20,21)/t13-,16-/m1/s1. The van der Waals surface area contributed by atoms with Crippen LogP contribution in [0.2, 0.25) is 0 Å². The van der Waals surface area contributed by atoms with Crippen LogP contribution in [-0.4, -0.2) is 24.7 Å². The average Bonchev–Trinajstić information content (AvgIpc) is 2.62. The fraction of sp³-hybridized carbons (Fsp3) is 0.235. The van der Waals surface area contributed by atoms with Crippen molar-refractivity contribution in [1.82, 2.24) is 5.32 Å². The number of carbonyl (C=O) groups is 1. The zero-order chi connectivity index (χ0) is 15.7. The lowest BCUT2D eigenvalue weighted by Crippen LogP contribution is -2.27. The highest BCUT2D eigenvalue weighted by molar-refractivity contribution is 5.80. The number of fused-ring (bicyclic) bond motifs is 2. The van der Waals surface area contributed by atoms with E-state index in [-0.39, 0.29) is 5.92 Å². The van der Waals surface area contributed by atoms with E-state index in [1.165, 1.54) is 0 Å². The number of benzene rings is 2. The van der Waals surface area contributed by atoms with Gasteiger partial charge in [-0.3, -0.25) is 4.79 Å². The minimum atomic E-state index is -0.869. The number of para-hydroxylation sites is 1. The molecule has 0 unspecified atom stereocenters. The molecule has 5 heteroatoms. The van der Waals surface area contributed by atoms with Crippen LogP contribution in [0.5, 0.6) is 11.5 Å². The third-order valence-corrected chi connectivity index (χ3v) is 4.00. The number of nitrogens with one attached hydrogen (secondary N) is 1. The number of aliphatic carboxylic acids is 1. The molecule has 0 aliphatic carbocycles. The third kappa shape index (κ3) is 2.40. The maximum absolute atomic E-state index is 11.9. The Labute approximate surface area is 128 Å². The van der Waals surface area contributed by atoms with Crippen LogP contribution in [0.1, 0.15) is 23.0 Å². The third-order valence-electron chi connectivity index (χ3n) is 4.00. The molecule has 1 aliphatic rings. The number of likely N-dealkylation sites (N-methyl/N-ethyl adjacent to an activating group) is 1. The SMILES string of the molecule is CNC[C@@H]1c2cc(N)ccc2Oc2ccccc2[C@H]1C(=O)O. The van der Waals surface area contributed by atoms with Crippen molar-refractivity contribution in [2.45, 2.75) is 11.8 Å². The smallest absolute Gasteiger partial charge is 0.311 e. The number of carboxylic acid groups (broad SMARTS) is 1. The molecule has 2 aromatic carbocycles.